The van der Waals surface area contributed by atoms with Crippen molar-refractivity contribution in [1.82, 2.24) is 9.55 Å². The highest BCUT2D eigenvalue weighted by Crippen LogP contribution is 2.15. The van der Waals surface area contributed by atoms with Crippen LogP contribution < -0.4 is 5.73 Å². The monoisotopic (exact) mass is 313 g/mol. The minimum absolute atomic E-state index is 0.432. The summed E-state index contributed by atoms with van der Waals surface area (Å²) in [5.74, 6) is 1.07. The lowest BCUT2D eigenvalue weighted by atomic mass is 10.1. The van der Waals surface area contributed by atoms with Crippen molar-refractivity contribution in [3.63, 3.8) is 0 Å². The van der Waals surface area contributed by atoms with Crippen molar-refractivity contribution in [3.8, 4) is 0 Å². The van der Waals surface area contributed by atoms with Crippen LogP contribution in [0.3, 0.4) is 0 Å². The van der Waals surface area contributed by atoms with E-state index in [9.17, 15) is 0 Å². The third-order valence-electron chi connectivity index (χ3n) is 3.28. The van der Waals surface area contributed by atoms with Gasteiger partial charge in [0.1, 0.15) is 10.8 Å². The van der Waals surface area contributed by atoms with Crippen LogP contribution in [0.15, 0.2) is 54.2 Å². The molecule has 2 N–H and O–H groups in total. The quantitative estimate of drug-likeness (QED) is 0.736. The number of nitrogens with zero attached hydrogens (tertiary/aromatic N) is 2. The molecule has 3 nitrogen and oxygen atoms in total. The van der Waals surface area contributed by atoms with E-state index < -0.39 is 0 Å². The lowest BCUT2D eigenvalue weighted by Crippen LogP contribution is -2.10. The van der Waals surface area contributed by atoms with Gasteiger partial charge in [-0.2, -0.15) is 0 Å². The first-order chi connectivity index (χ1) is 10.2. The molecule has 2 aromatic heterocycles. The summed E-state index contributed by atoms with van der Waals surface area (Å²) in [6.45, 7) is 0.775. The van der Waals surface area contributed by atoms with E-state index in [0.29, 0.717) is 4.99 Å². The number of aromatic nitrogens is 2. The normalized spacial score (nSPS) is 10.7. The van der Waals surface area contributed by atoms with Crippen LogP contribution in [-0.2, 0) is 13.0 Å². The zero-order valence-corrected chi connectivity index (χ0v) is 13.0. The molecular weight excluding hydrogens is 298 g/mol. The maximum absolute atomic E-state index is 5.69. The average Bonchev–Trinajstić information content (AvgIpc) is 3.12. The predicted molar refractivity (Wildman–Crippen MR) is 90.8 cm³/mol. The minimum atomic E-state index is 0.432. The summed E-state index contributed by atoms with van der Waals surface area (Å²) in [7, 11) is 0. The van der Waals surface area contributed by atoms with Crippen LogP contribution in [0, 0.1) is 0 Å². The van der Waals surface area contributed by atoms with Crippen molar-refractivity contribution in [1.29, 1.82) is 0 Å². The van der Waals surface area contributed by atoms with Gasteiger partial charge in [-0.25, -0.2) is 4.98 Å². The number of hydrogen-bond donors (Lipinski definition) is 1. The number of benzene rings is 1. The molecule has 0 aliphatic heterocycles. The van der Waals surface area contributed by atoms with Crippen LogP contribution >= 0.6 is 23.6 Å². The molecule has 0 unspecified atom stereocenters. The van der Waals surface area contributed by atoms with E-state index in [4.69, 9.17) is 18.0 Å². The second-order valence-corrected chi connectivity index (χ2v) is 6.26. The van der Waals surface area contributed by atoms with Gasteiger partial charge in [0.05, 0.1) is 0 Å². The Morgan fingerprint density at radius 3 is 2.95 bits per heavy atom. The Morgan fingerprint density at radius 1 is 1.29 bits per heavy atom. The largest absolute Gasteiger partial charge is 0.389 e. The number of thiocarbonyl (C=S) groups is 1. The lowest BCUT2D eigenvalue weighted by molar-refractivity contribution is 0.743. The number of imidazole rings is 1. The summed E-state index contributed by atoms with van der Waals surface area (Å²) >= 11 is 6.79. The van der Waals surface area contributed by atoms with E-state index in [-0.39, 0.29) is 0 Å². The summed E-state index contributed by atoms with van der Waals surface area (Å²) < 4.78 is 2.17. The second kappa shape index (κ2) is 6.20. The van der Waals surface area contributed by atoms with E-state index in [0.717, 1.165) is 24.4 Å². The Labute approximate surface area is 133 Å². The molecule has 1 aromatic carbocycles. The van der Waals surface area contributed by atoms with Gasteiger partial charge in [-0.1, -0.05) is 36.5 Å². The molecule has 21 heavy (non-hydrogen) atoms. The molecule has 0 aliphatic carbocycles. The smallest absolute Gasteiger partial charge is 0.114 e. The molecule has 106 valence electrons. The molecule has 0 amide bonds. The highest BCUT2D eigenvalue weighted by atomic mass is 32.1. The Morgan fingerprint density at radius 2 is 2.19 bits per heavy atom. The Balaban J connectivity index is 1.81. The van der Waals surface area contributed by atoms with Gasteiger partial charge in [0.25, 0.3) is 0 Å². The Kier molecular flexibility index (Phi) is 4.13. The number of rotatable bonds is 5. The summed E-state index contributed by atoms with van der Waals surface area (Å²) in [6, 6.07) is 12.2. The average molecular weight is 313 g/mol. The summed E-state index contributed by atoms with van der Waals surface area (Å²) in [5, 5.41) is 2.09. The first-order valence-corrected chi connectivity index (χ1v) is 7.92. The molecule has 5 heteroatoms. The number of hydrogen-bond acceptors (Lipinski definition) is 3. The van der Waals surface area contributed by atoms with Crippen molar-refractivity contribution in [2.75, 3.05) is 0 Å². The van der Waals surface area contributed by atoms with E-state index >= 15 is 0 Å². The molecule has 0 aliphatic rings. The Bertz CT molecular complexity index is 744. The fourth-order valence-corrected chi connectivity index (χ4v) is 3.07. The number of nitrogens with two attached hydrogens (primary N) is 1. The van der Waals surface area contributed by atoms with Gasteiger partial charge in [0.15, 0.2) is 0 Å². The van der Waals surface area contributed by atoms with Crippen molar-refractivity contribution < 1.29 is 0 Å². The van der Waals surface area contributed by atoms with Crippen LogP contribution in [0.2, 0.25) is 0 Å². The summed E-state index contributed by atoms with van der Waals surface area (Å²) in [4.78, 5) is 6.21. The van der Waals surface area contributed by atoms with Crippen LogP contribution in [-0.4, -0.2) is 14.5 Å². The molecule has 0 fully saturated rings. The fourth-order valence-electron chi connectivity index (χ4n) is 2.24. The van der Waals surface area contributed by atoms with Crippen LogP contribution in [0.5, 0.6) is 0 Å². The van der Waals surface area contributed by atoms with Gasteiger partial charge in [-0.05, 0) is 23.1 Å². The van der Waals surface area contributed by atoms with E-state index in [2.05, 4.69) is 33.1 Å². The van der Waals surface area contributed by atoms with Crippen molar-refractivity contribution in [2.24, 2.45) is 5.73 Å². The third-order valence-corrected chi connectivity index (χ3v) is 4.39. The van der Waals surface area contributed by atoms with Gasteiger partial charge in [0, 0.05) is 35.8 Å². The van der Waals surface area contributed by atoms with Crippen molar-refractivity contribution >= 4 is 28.5 Å². The number of thiophene rings is 1. The lowest BCUT2D eigenvalue weighted by Gasteiger charge is -2.08. The van der Waals surface area contributed by atoms with E-state index in [1.807, 2.05) is 30.6 Å². The molecule has 2 heterocycles. The van der Waals surface area contributed by atoms with E-state index in [1.165, 1.54) is 10.4 Å². The second-order valence-electron chi connectivity index (χ2n) is 4.79. The summed E-state index contributed by atoms with van der Waals surface area (Å²) in [5.41, 5.74) is 7.77. The minimum Gasteiger partial charge on any atom is -0.389 e. The van der Waals surface area contributed by atoms with Crippen LogP contribution in [0.1, 0.15) is 21.8 Å². The molecule has 0 bridgehead atoms. The maximum Gasteiger partial charge on any atom is 0.114 e. The van der Waals surface area contributed by atoms with Crippen molar-refractivity contribution in [3.05, 3.63) is 76.0 Å². The maximum atomic E-state index is 5.69. The predicted octanol–water partition coefficient (Wildman–Crippen LogP) is 3.22. The van der Waals surface area contributed by atoms with Gasteiger partial charge < -0.3 is 10.3 Å². The van der Waals surface area contributed by atoms with Gasteiger partial charge >= 0.3 is 0 Å². The summed E-state index contributed by atoms with van der Waals surface area (Å²) in [6.07, 6.45) is 4.72. The molecule has 0 atom stereocenters. The molecule has 3 rings (SSSR count). The van der Waals surface area contributed by atoms with E-state index in [1.54, 1.807) is 11.3 Å². The van der Waals surface area contributed by atoms with Crippen LogP contribution in [0.25, 0.3) is 0 Å². The first kappa shape index (κ1) is 14.0. The fraction of sp³-hybridized carbons (Fsp3) is 0.125. The SMILES string of the molecule is NC(=S)c1cccc(Cn2ccnc2Cc2cccs2)c1. The topological polar surface area (TPSA) is 43.8 Å². The van der Waals surface area contributed by atoms with Gasteiger partial charge in [-0.3, -0.25) is 0 Å². The highest BCUT2D eigenvalue weighted by molar-refractivity contribution is 7.80. The van der Waals surface area contributed by atoms with Crippen molar-refractivity contribution in [2.45, 2.75) is 13.0 Å². The first-order valence-electron chi connectivity index (χ1n) is 6.63. The standard InChI is InChI=1S/C16H15N3S2/c17-16(20)13-4-1-3-12(9-13)11-19-7-6-18-15(19)10-14-5-2-8-21-14/h1-9H,10-11H2,(H2,17,20). The van der Waals surface area contributed by atoms with Gasteiger partial charge in [-0.15, -0.1) is 11.3 Å². The molecule has 0 saturated heterocycles. The Hall–Kier alpha value is -1.98. The van der Waals surface area contributed by atoms with Gasteiger partial charge in [0.2, 0.25) is 0 Å². The molecule has 0 spiro atoms. The zero-order chi connectivity index (χ0) is 14.7. The molecular formula is C16H15N3S2. The molecule has 0 saturated carbocycles. The highest BCUT2D eigenvalue weighted by Gasteiger charge is 2.06. The molecule has 0 radical (unpaired) electrons. The zero-order valence-electron chi connectivity index (χ0n) is 11.4. The molecule has 3 aromatic rings. The third kappa shape index (κ3) is 3.37. The van der Waals surface area contributed by atoms with Crippen LogP contribution in [0.4, 0.5) is 0 Å².